The molecule has 1 N–H and O–H groups in total. The predicted molar refractivity (Wildman–Crippen MR) is 104 cm³/mol. The smallest absolute Gasteiger partial charge is 0.123 e. The second-order valence-corrected chi connectivity index (χ2v) is 7.16. The Kier molecular flexibility index (Phi) is 4.71. The highest BCUT2D eigenvalue weighted by molar-refractivity contribution is 5.92. The average Bonchev–Trinajstić information content (AvgIpc) is 2.61. The second-order valence-electron chi connectivity index (χ2n) is 7.16. The molecule has 3 aromatic rings. The van der Waals surface area contributed by atoms with E-state index in [0.29, 0.717) is 0 Å². The number of nitrogens with zero attached hydrogens (tertiary/aromatic N) is 1. The molecular formula is C23H23NO. The number of phenols is 1. The molecule has 2 nitrogen and oxygen atoms in total. The zero-order chi connectivity index (χ0) is 17.9. The molecule has 0 aliphatic rings. The van der Waals surface area contributed by atoms with Crippen molar-refractivity contribution in [1.82, 2.24) is 4.98 Å². The van der Waals surface area contributed by atoms with Gasteiger partial charge in [0.15, 0.2) is 0 Å². The summed E-state index contributed by atoms with van der Waals surface area (Å²) in [6, 6.07) is 21.8. The fourth-order valence-electron chi connectivity index (χ4n) is 2.76. The highest BCUT2D eigenvalue weighted by Gasteiger charge is 2.18. The predicted octanol–water partition coefficient (Wildman–Crippen LogP) is 5.67. The summed E-state index contributed by atoms with van der Waals surface area (Å²) in [5, 5.41) is 10.5. The lowest BCUT2D eigenvalue weighted by Gasteiger charge is -2.21. The number of rotatable bonds is 3. The van der Waals surface area contributed by atoms with Gasteiger partial charge in [-0.25, -0.2) is 0 Å². The van der Waals surface area contributed by atoms with Gasteiger partial charge < -0.3 is 5.11 Å². The molecule has 126 valence electrons. The van der Waals surface area contributed by atoms with E-state index in [1.165, 1.54) is 5.56 Å². The molecular weight excluding hydrogens is 306 g/mol. The largest absolute Gasteiger partial charge is 0.507 e. The lowest BCUT2D eigenvalue weighted by atomic mass is 9.84. The van der Waals surface area contributed by atoms with Gasteiger partial charge in [0, 0.05) is 11.8 Å². The summed E-state index contributed by atoms with van der Waals surface area (Å²) in [5.74, 6) is 0.277. The zero-order valence-corrected chi connectivity index (χ0v) is 14.9. The van der Waals surface area contributed by atoms with E-state index in [2.05, 4.69) is 44.0 Å². The number of pyridine rings is 1. The van der Waals surface area contributed by atoms with E-state index >= 15 is 0 Å². The molecule has 0 fully saturated rings. The average molecular weight is 329 g/mol. The van der Waals surface area contributed by atoms with Crippen molar-refractivity contribution in [2.75, 3.05) is 0 Å². The SMILES string of the molecule is CC(C)(C)c1ccc(O)c(C(=Cc2ccccn2)c2ccccc2)c1. The summed E-state index contributed by atoms with van der Waals surface area (Å²) in [6.45, 7) is 6.52. The van der Waals surface area contributed by atoms with Gasteiger partial charge >= 0.3 is 0 Å². The monoisotopic (exact) mass is 329 g/mol. The Balaban J connectivity index is 2.21. The summed E-state index contributed by atoms with van der Waals surface area (Å²) >= 11 is 0. The van der Waals surface area contributed by atoms with Crippen molar-refractivity contribution in [3.05, 3.63) is 95.3 Å². The lowest BCUT2D eigenvalue weighted by molar-refractivity contribution is 0.472. The van der Waals surface area contributed by atoms with E-state index in [9.17, 15) is 5.11 Å². The Morgan fingerprint density at radius 3 is 2.28 bits per heavy atom. The van der Waals surface area contributed by atoms with E-state index in [-0.39, 0.29) is 11.2 Å². The maximum Gasteiger partial charge on any atom is 0.123 e. The number of aromatic nitrogens is 1. The maximum atomic E-state index is 10.5. The third kappa shape index (κ3) is 3.97. The molecule has 0 radical (unpaired) electrons. The minimum Gasteiger partial charge on any atom is -0.507 e. The minimum absolute atomic E-state index is 0.00917. The second kappa shape index (κ2) is 6.94. The summed E-state index contributed by atoms with van der Waals surface area (Å²) in [7, 11) is 0. The van der Waals surface area contributed by atoms with Crippen molar-refractivity contribution in [2.45, 2.75) is 26.2 Å². The van der Waals surface area contributed by atoms with Crippen molar-refractivity contribution in [3.63, 3.8) is 0 Å². The van der Waals surface area contributed by atoms with Crippen molar-refractivity contribution in [1.29, 1.82) is 0 Å². The van der Waals surface area contributed by atoms with Gasteiger partial charge in [-0.05, 0) is 52.5 Å². The highest BCUT2D eigenvalue weighted by atomic mass is 16.3. The zero-order valence-electron chi connectivity index (χ0n) is 14.9. The van der Waals surface area contributed by atoms with Gasteiger partial charge in [0.05, 0.1) is 5.69 Å². The first-order valence-electron chi connectivity index (χ1n) is 8.47. The van der Waals surface area contributed by atoms with Crippen LogP contribution in [0.4, 0.5) is 0 Å². The van der Waals surface area contributed by atoms with Gasteiger partial charge in [-0.1, -0.05) is 63.2 Å². The van der Waals surface area contributed by atoms with Gasteiger partial charge in [0.25, 0.3) is 0 Å². The molecule has 0 aliphatic heterocycles. The summed E-state index contributed by atoms with van der Waals surface area (Å²) in [5.41, 5.74) is 4.89. The van der Waals surface area contributed by atoms with Crippen molar-refractivity contribution >= 4 is 11.6 Å². The Bertz CT molecular complexity index is 875. The molecule has 0 saturated carbocycles. The van der Waals surface area contributed by atoms with Crippen LogP contribution in [0.15, 0.2) is 72.9 Å². The molecule has 2 heteroatoms. The number of hydrogen-bond acceptors (Lipinski definition) is 2. The Morgan fingerprint density at radius 2 is 1.64 bits per heavy atom. The van der Waals surface area contributed by atoms with Crippen LogP contribution in [0, 0.1) is 0 Å². The van der Waals surface area contributed by atoms with Gasteiger partial charge in [0.1, 0.15) is 5.75 Å². The Labute approximate surface area is 149 Å². The molecule has 1 aromatic heterocycles. The molecule has 0 aliphatic carbocycles. The number of benzene rings is 2. The van der Waals surface area contributed by atoms with Crippen LogP contribution in [0.1, 0.15) is 43.2 Å². The molecule has 0 unspecified atom stereocenters. The molecule has 0 saturated heterocycles. The van der Waals surface area contributed by atoms with Crippen LogP contribution in [0.5, 0.6) is 5.75 Å². The van der Waals surface area contributed by atoms with Gasteiger partial charge in [-0.15, -0.1) is 0 Å². The van der Waals surface area contributed by atoms with Crippen LogP contribution in [-0.4, -0.2) is 10.1 Å². The van der Waals surface area contributed by atoms with E-state index in [4.69, 9.17) is 0 Å². The molecule has 0 bridgehead atoms. The lowest BCUT2D eigenvalue weighted by Crippen LogP contribution is -2.11. The first kappa shape index (κ1) is 17.0. The molecule has 3 rings (SSSR count). The summed E-state index contributed by atoms with van der Waals surface area (Å²) in [4.78, 5) is 4.41. The van der Waals surface area contributed by atoms with Crippen LogP contribution in [0.3, 0.4) is 0 Å². The topological polar surface area (TPSA) is 33.1 Å². The van der Waals surface area contributed by atoms with Gasteiger partial charge in [-0.3, -0.25) is 4.98 Å². The molecule has 0 atom stereocenters. The molecule has 0 spiro atoms. The van der Waals surface area contributed by atoms with Crippen molar-refractivity contribution in [2.24, 2.45) is 0 Å². The van der Waals surface area contributed by atoms with Crippen molar-refractivity contribution < 1.29 is 5.11 Å². The highest BCUT2D eigenvalue weighted by Crippen LogP contribution is 2.35. The third-order valence-corrected chi connectivity index (χ3v) is 4.22. The van der Waals surface area contributed by atoms with Crippen LogP contribution < -0.4 is 0 Å². The van der Waals surface area contributed by atoms with Crippen LogP contribution in [0.25, 0.3) is 11.6 Å². The standard InChI is InChI=1S/C23H23NO/c1-23(2,3)18-12-13-22(25)21(15-18)20(17-9-5-4-6-10-17)16-19-11-7-8-14-24-19/h4-16,25H,1-3H3. The van der Waals surface area contributed by atoms with Crippen LogP contribution >= 0.6 is 0 Å². The first-order chi connectivity index (χ1) is 11.9. The van der Waals surface area contributed by atoms with Gasteiger partial charge in [-0.2, -0.15) is 0 Å². The maximum absolute atomic E-state index is 10.5. The first-order valence-corrected chi connectivity index (χ1v) is 8.47. The summed E-state index contributed by atoms with van der Waals surface area (Å²) < 4.78 is 0. The van der Waals surface area contributed by atoms with E-state index < -0.39 is 0 Å². The fraction of sp³-hybridized carbons (Fsp3) is 0.174. The molecule has 25 heavy (non-hydrogen) atoms. The fourth-order valence-corrected chi connectivity index (χ4v) is 2.76. The van der Waals surface area contributed by atoms with Crippen LogP contribution in [-0.2, 0) is 5.41 Å². The Hall–Kier alpha value is -2.87. The number of hydrogen-bond donors (Lipinski definition) is 1. The number of aromatic hydroxyl groups is 1. The minimum atomic E-state index is 0.00917. The quantitative estimate of drug-likeness (QED) is 0.671. The molecule has 0 amide bonds. The molecule has 1 heterocycles. The van der Waals surface area contributed by atoms with Crippen molar-refractivity contribution in [3.8, 4) is 5.75 Å². The normalized spacial score (nSPS) is 12.2. The molecule has 2 aromatic carbocycles. The Morgan fingerprint density at radius 1 is 0.920 bits per heavy atom. The van der Waals surface area contributed by atoms with E-state index in [1.807, 2.05) is 48.5 Å². The van der Waals surface area contributed by atoms with E-state index in [1.54, 1.807) is 12.3 Å². The summed E-state index contributed by atoms with van der Waals surface area (Å²) in [6.07, 6.45) is 3.80. The van der Waals surface area contributed by atoms with Crippen LogP contribution in [0.2, 0.25) is 0 Å². The van der Waals surface area contributed by atoms with E-state index in [0.717, 1.165) is 22.4 Å². The van der Waals surface area contributed by atoms with Gasteiger partial charge in [0.2, 0.25) is 0 Å². The third-order valence-electron chi connectivity index (χ3n) is 4.22. The number of phenolic OH excluding ortho intramolecular Hbond substituents is 1.